The Morgan fingerprint density at radius 1 is 1.22 bits per heavy atom. The minimum Gasteiger partial charge on any atom is -0.474 e. The molecular weight excluding hydrogens is 472 g/mol. The number of oxazole rings is 1. The monoisotopic (exact) mass is 506 g/mol. The summed E-state index contributed by atoms with van der Waals surface area (Å²) in [5, 5.41) is 5.67. The standard InChI is InChI=1S/C27H34N6O4/c1-4-5-8-22(32-26(35)24-18(2)30-27(37-24)19-7-6-13-28-16-19)25(34)31-20-9-10-23(29-17-20)36-21-11-14-33(3)15-12-21/h6-7,9-10,13,16-17,21-22H,4-5,8,11-12,14-15H2,1-3H3,(H,31,34)(H,32,35). The van der Waals surface area contributed by atoms with Crippen molar-refractivity contribution in [2.75, 3.05) is 25.5 Å². The highest BCUT2D eigenvalue weighted by molar-refractivity contribution is 6.00. The molecule has 3 aromatic heterocycles. The van der Waals surface area contributed by atoms with Gasteiger partial charge in [-0.3, -0.25) is 14.6 Å². The summed E-state index contributed by atoms with van der Waals surface area (Å²) < 4.78 is 11.7. The molecule has 10 nitrogen and oxygen atoms in total. The van der Waals surface area contributed by atoms with E-state index in [0.29, 0.717) is 35.1 Å². The highest BCUT2D eigenvalue weighted by atomic mass is 16.5. The lowest BCUT2D eigenvalue weighted by Crippen LogP contribution is -2.43. The van der Waals surface area contributed by atoms with Gasteiger partial charge in [0.1, 0.15) is 12.1 Å². The summed E-state index contributed by atoms with van der Waals surface area (Å²) in [5.74, 6) is 0.103. The van der Waals surface area contributed by atoms with Gasteiger partial charge in [0.15, 0.2) is 0 Å². The van der Waals surface area contributed by atoms with Crippen LogP contribution in [0.3, 0.4) is 0 Å². The third-order valence-electron chi connectivity index (χ3n) is 6.34. The van der Waals surface area contributed by atoms with E-state index in [4.69, 9.17) is 9.15 Å². The number of hydrogen-bond donors (Lipinski definition) is 2. The first-order valence-corrected chi connectivity index (χ1v) is 12.7. The van der Waals surface area contributed by atoms with Crippen molar-refractivity contribution in [3.63, 3.8) is 0 Å². The molecule has 1 aliphatic heterocycles. The molecule has 1 aliphatic rings. The molecule has 4 rings (SSSR count). The van der Waals surface area contributed by atoms with Gasteiger partial charge in [0.05, 0.1) is 23.1 Å². The molecule has 10 heteroatoms. The minimum absolute atomic E-state index is 0.0743. The maximum absolute atomic E-state index is 13.1. The summed E-state index contributed by atoms with van der Waals surface area (Å²) in [7, 11) is 2.11. The molecule has 1 unspecified atom stereocenters. The second-order valence-corrected chi connectivity index (χ2v) is 9.34. The predicted molar refractivity (Wildman–Crippen MR) is 139 cm³/mol. The summed E-state index contributed by atoms with van der Waals surface area (Å²) in [5.41, 5.74) is 1.64. The van der Waals surface area contributed by atoms with Crippen LogP contribution in [0.15, 0.2) is 47.3 Å². The van der Waals surface area contributed by atoms with E-state index in [9.17, 15) is 9.59 Å². The van der Waals surface area contributed by atoms with E-state index >= 15 is 0 Å². The van der Waals surface area contributed by atoms with Gasteiger partial charge in [0.25, 0.3) is 5.91 Å². The average molecular weight is 507 g/mol. The predicted octanol–water partition coefficient (Wildman–Crippen LogP) is 3.84. The number of carbonyl (C=O) groups is 2. The molecule has 0 aliphatic carbocycles. The Balaban J connectivity index is 1.38. The van der Waals surface area contributed by atoms with Crippen LogP contribution in [-0.2, 0) is 4.79 Å². The Hall–Kier alpha value is -3.79. The number of unbranched alkanes of at least 4 members (excludes halogenated alkanes) is 1. The SMILES string of the molecule is CCCCC(NC(=O)c1oc(-c2cccnc2)nc1C)C(=O)Nc1ccc(OC2CCN(C)CC2)nc1. The lowest BCUT2D eigenvalue weighted by Gasteiger charge is -2.28. The fourth-order valence-electron chi connectivity index (χ4n) is 4.15. The highest BCUT2D eigenvalue weighted by Gasteiger charge is 2.25. The first-order chi connectivity index (χ1) is 17.9. The molecule has 1 atom stereocenters. The summed E-state index contributed by atoms with van der Waals surface area (Å²) in [6.45, 7) is 5.73. The number of piperidine rings is 1. The van der Waals surface area contributed by atoms with E-state index in [1.165, 1.54) is 0 Å². The van der Waals surface area contributed by atoms with Crippen LogP contribution in [0, 0.1) is 6.92 Å². The van der Waals surface area contributed by atoms with Crippen LogP contribution in [0.5, 0.6) is 5.88 Å². The van der Waals surface area contributed by atoms with Crippen LogP contribution in [0.4, 0.5) is 5.69 Å². The number of amides is 2. The van der Waals surface area contributed by atoms with E-state index < -0.39 is 11.9 Å². The Labute approximate surface area is 216 Å². The minimum atomic E-state index is -0.742. The van der Waals surface area contributed by atoms with Crippen LogP contribution in [0.2, 0.25) is 0 Å². The normalized spacial score (nSPS) is 15.2. The molecule has 196 valence electrons. The molecule has 1 fully saturated rings. The van der Waals surface area contributed by atoms with E-state index in [1.54, 1.807) is 49.8 Å². The van der Waals surface area contributed by atoms with Crippen molar-refractivity contribution < 1.29 is 18.7 Å². The highest BCUT2D eigenvalue weighted by Crippen LogP contribution is 2.22. The molecule has 0 bridgehead atoms. The number of nitrogens with one attached hydrogen (secondary N) is 2. The Morgan fingerprint density at radius 3 is 2.70 bits per heavy atom. The van der Waals surface area contributed by atoms with Crippen molar-refractivity contribution in [3.8, 4) is 17.3 Å². The zero-order valence-electron chi connectivity index (χ0n) is 21.6. The van der Waals surface area contributed by atoms with E-state index in [0.717, 1.165) is 38.8 Å². The Morgan fingerprint density at radius 2 is 2.03 bits per heavy atom. The van der Waals surface area contributed by atoms with E-state index in [-0.39, 0.29) is 17.8 Å². The van der Waals surface area contributed by atoms with Crippen LogP contribution >= 0.6 is 0 Å². The average Bonchev–Trinajstić information content (AvgIpc) is 3.31. The number of aryl methyl sites for hydroxylation is 1. The fourth-order valence-corrected chi connectivity index (χ4v) is 4.15. The maximum Gasteiger partial charge on any atom is 0.289 e. The van der Waals surface area contributed by atoms with Gasteiger partial charge < -0.3 is 24.7 Å². The number of carbonyl (C=O) groups excluding carboxylic acids is 2. The molecule has 0 aromatic carbocycles. The van der Waals surface area contributed by atoms with Crippen LogP contribution in [0.1, 0.15) is 55.3 Å². The number of aromatic nitrogens is 3. The van der Waals surface area contributed by atoms with Crippen molar-refractivity contribution in [3.05, 3.63) is 54.3 Å². The Kier molecular flexibility index (Phi) is 8.84. The molecule has 0 saturated carbocycles. The van der Waals surface area contributed by atoms with Crippen LogP contribution in [-0.4, -0.2) is 63.9 Å². The smallest absolute Gasteiger partial charge is 0.289 e. The molecular formula is C27H34N6O4. The van der Waals surface area contributed by atoms with Gasteiger partial charge in [0, 0.05) is 31.5 Å². The molecule has 2 N–H and O–H groups in total. The van der Waals surface area contributed by atoms with Crippen molar-refractivity contribution in [2.45, 2.75) is 58.1 Å². The van der Waals surface area contributed by atoms with Crippen molar-refractivity contribution in [1.82, 2.24) is 25.2 Å². The summed E-state index contributed by atoms with van der Waals surface area (Å²) in [6, 6.07) is 6.34. The van der Waals surface area contributed by atoms with E-state index in [1.807, 2.05) is 6.92 Å². The van der Waals surface area contributed by atoms with Gasteiger partial charge in [-0.25, -0.2) is 9.97 Å². The zero-order valence-corrected chi connectivity index (χ0v) is 21.6. The van der Waals surface area contributed by atoms with Gasteiger partial charge in [-0.2, -0.15) is 0 Å². The zero-order chi connectivity index (χ0) is 26.2. The summed E-state index contributed by atoms with van der Waals surface area (Å²) in [6.07, 6.45) is 9.05. The number of anilines is 1. The first kappa shape index (κ1) is 26.3. The molecule has 37 heavy (non-hydrogen) atoms. The molecule has 1 saturated heterocycles. The number of hydrogen-bond acceptors (Lipinski definition) is 8. The molecule has 0 radical (unpaired) electrons. The lowest BCUT2D eigenvalue weighted by molar-refractivity contribution is -0.118. The summed E-state index contributed by atoms with van der Waals surface area (Å²) >= 11 is 0. The van der Waals surface area contributed by atoms with E-state index in [2.05, 4.69) is 37.5 Å². The number of likely N-dealkylation sites (tertiary alicyclic amines) is 1. The third-order valence-corrected chi connectivity index (χ3v) is 6.34. The van der Waals surface area contributed by atoms with Gasteiger partial charge in [-0.1, -0.05) is 19.8 Å². The van der Waals surface area contributed by atoms with Crippen LogP contribution < -0.4 is 15.4 Å². The van der Waals surface area contributed by atoms with Gasteiger partial charge in [0.2, 0.25) is 23.4 Å². The molecule has 4 heterocycles. The number of nitrogens with zero attached hydrogens (tertiary/aromatic N) is 4. The fraction of sp³-hybridized carbons (Fsp3) is 0.444. The van der Waals surface area contributed by atoms with Crippen LogP contribution in [0.25, 0.3) is 11.5 Å². The first-order valence-electron chi connectivity index (χ1n) is 12.7. The third kappa shape index (κ3) is 7.13. The van der Waals surface area contributed by atoms with Gasteiger partial charge in [-0.15, -0.1) is 0 Å². The largest absolute Gasteiger partial charge is 0.474 e. The van der Waals surface area contributed by atoms with Gasteiger partial charge >= 0.3 is 0 Å². The number of pyridine rings is 2. The molecule has 2 amide bonds. The lowest BCUT2D eigenvalue weighted by atomic mass is 10.1. The topological polar surface area (TPSA) is 122 Å². The quantitative estimate of drug-likeness (QED) is 0.425. The Bertz CT molecular complexity index is 1170. The molecule has 3 aromatic rings. The second kappa shape index (κ2) is 12.4. The number of ether oxygens (including phenoxy) is 1. The van der Waals surface area contributed by atoms with Crippen molar-refractivity contribution in [2.24, 2.45) is 0 Å². The van der Waals surface area contributed by atoms with Gasteiger partial charge in [-0.05, 0) is 51.4 Å². The second-order valence-electron chi connectivity index (χ2n) is 9.34. The van der Waals surface area contributed by atoms with Crippen molar-refractivity contribution in [1.29, 1.82) is 0 Å². The summed E-state index contributed by atoms with van der Waals surface area (Å²) in [4.78, 5) is 41.1. The van der Waals surface area contributed by atoms with Crippen molar-refractivity contribution >= 4 is 17.5 Å². The maximum atomic E-state index is 13.1. The molecule has 0 spiro atoms. The number of rotatable bonds is 10.